The highest BCUT2D eigenvalue weighted by Crippen LogP contribution is 2.32. The third kappa shape index (κ3) is 4.13. The molecular weight excluding hydrogens is 377 g/mol. The predicted molar refractivity (Wildman–Crippen MR) is 92.3 cm³/mol. The zero-order valence-electron chi connectivity index (χ0n) is 15.3. The number of alkyl halides is 3. The van der Waals surface area contributed by atoms with Gasteiger partial charge in [-0.05, 0) is 37.5 Å². The normalized spacial score (nSPS) is 23.6. The first-order valence-corrected chi connectivity index (χ1v) is 9.13. The summed E-state index contributed by atoms with van der Waals surface area (Å²) in [4.78, 5) is 38.5. The molecule has 3 amide bonds. The van der Waals surface area contributed by atoms with Crippen LogP contribution >= 0.6 is 0 Å². The van der Waals surface area contributed by atoms with Crippen LogP contribution in [0.2, 0.25) is 0 Å². The fraction of sp³-hybridized carbons (Fsp3) is 0.526. The van der Waals surface area contributed by atoms with E-state index < -0.39 is 29.6 Å². The van der Waals surface area contributed by atoms with Gasteiger partial charge >= 0.3 is 12.4 Å². The van der Waals surface area contributed by atoms with E-state index in [4.69, 9.17) is 0 Å². The first-order valence-electron chi connectivity index (χ1n) is 9.13. The van der Waals surface area contributed by atoms with Crippen molar-refractivity contribution >= 4 is 17.7 Å². The number of urea groups is 1. The molecule has 152 valence electrons. The third-order valence-electron chi connectivity index (χ3n) is 5.31. The number of nitrogens with one attached hydrogen (secondary N) is 1. The minimum atomic E-state index is -4.82. The number of halogens is 3. The fourth-order valence-electron chi connectivity index (χ4n) is 3.74. The summed E-state index contributed by atoms with van der Waals surface area (Å²) in [7, 11) is 0. The van der Waals surface area contributed by atoms with Crippen molar-refractivity contribution in [2.45, 2.75) is 50.9 Å². The van der Waals surface area contributed by atoms with Crippen LogP contribution in [0, 0.1) is 5.92 Å². The van der Waals surface area contributed by atoms with Crippen molar-refractivity contribution in [3.05, 3.63) is 29.8 Å². The van der Waals surface area contributed by atoms with E-state index in [1.54, 1.807) is 0 Å². The molecule has 0 bridgehead atoms. The summed E-state index contributed by atoms with van der Waals surface area (Å²) in [5, 5.41) is 2.54. The molecule has 1 atom stereocenters. The molecule has 1 saturated heterocycles. The van der Waals surface area contributed by atoms with Gasteiger partial charge in [0.1, 0.15) is 11.3 Å². The Morgan fingerprint density at radius 3 is 2.36 bits per heavy atom. The summed E-state index contributed by atoms with van der Waals surface area (Å²) in [5.74, 6) is -1.31. The molecule has 6 nitrogen and oxygen atoms in total. The van der Waals surface area contributed by atoms with Gasteiger partial charge in [-0.3, -0.25) is 14.5 Å². The quantitative estimate of drug-likeness (QED) is 0.771. The van der Waals surface area contributed by atoms with Gasteiger partial charge in [0.15, 0.2) is 5.78 Å². The number of carbonyl (C=O) groups is 3. The van der Waals surface area contributed by atoms with Crippen LogP contribution in [-0.2, 0) is 15.1 Å². The summed E-state index contributed by atoms with van der Waals surface area (Å²) in [6.07, 6.45) is -0.291. The van der Waals surface area contributed by atoms with Gasteiger partial charge in [-0.1, -0.05) is 31.4 Å². The number of amides is 3. The number of benzene rings is 1. The predicted octanol–water partition coefficient (Wildman–Crippen LogP) is 3.50. The first-order chi connectivity index (χ1) is 13.1. The average molecular weight is 398 g/mol. The van der Waals surface area contributed by atoms with Crippen LogP contribution in [0.3, 0.4) is 0 Å². The van der Waals surface area contributed by atoms with Gasteiger partial charge in [0.25, 0.3) is 5.91 Å². The van der Waals surface area contributed by atoms with E-state index >= 15 is 0 Å². The number of hydrogen-bond donors (Lipinski definition) is 1. The summed E-state index contributed by atoms with van der Waals surface area (Å²) in [6.45, 7) is 1.16. The van der Waals surface area contributed by atoms with Crippen LogP contribution in [0.5, 0.6) is 5.75 Å². The van der Waals surface area contributed by atoms with Crippen molar-refractivity contribution < 1.29 is 32.3 Å². The van der Waals surface area contributed by atoms with E-state index in [1.807, 2.05) is 0 Å². The van der Waals surface area contributed by atoms with Gasteiger partial charge in [0.05, 0.1) is 6.54 Å². The Kier molecular flexibility index (Phi) is 5.36. The Bertz CT molecular complexity index is 772. The standard InChI is InChI=1S/C19H21F3N2O4/c1-18(13-7-9-14(10-8-13)28-19(20,21)22)16(26)24(17(27)23-18)11-15(25)12-5-3-2-4-6-12/h7-10,12H,2-6,11H2,1H3,(H,23,27). The molecule has 3 rings (SSSR count). The van der Waals surface area contributed by atoms with Crippen LogP contribution in [0.4, 0.5) is 18.0 Å². The monoisotopic (exact) mass is 398 g/mol. The van der Waals surface area contributed by atoms with E-state index in [1.165, 1.54) is 19.1 Å². The highest BCUT2D eigenvalue weighted by Gasteiger charge is 2.49. The second-order valence-corrected chi connectivity index (χ2v) is 7.32. The topological polar surface area (TPSA) is 75.7 Å². The molecule has 1 heterocycles. The van der Waals surface area contributed by atoms with Crippen LogP contribution in [0.25, 0.3) is 0 Å². The molecule has 9 heteroatoms. The maximum Gasteiger partial charge on any atom is 0.573 e. The number of ether oxygens (including phenoxy) is 1. The average Bonchev–Trinajstić information content (AvgIpc) is 2.85. The van der Waals surface area contributed by atoms with E-state index in [0.29, 0.717) is 5.56 Å². The van der Waals surface area contributed by atoms with E-state index in [2.05, 4.69) is 10.1 Å². The van der Waals surface area contributed by atoms with Gasteiger partial charge in [0, 0.05) is 5.92 Å². The lowest BCUT2D eigenvalue weighted by molar-refractivity contribution is -0.274. The Morgan fingerprint density at radius 2 is 1.79 bits per heavy atom. The van der Waals surface area contributed by atoms with Crippen LogP contribution in [0.1, 0.15) is 44.6 Å². The number of carbonyl (C=O) groups excluding carboxylic acids is 3. The summed E-state index contributed by atoms with van der Waals surface area (Å²) < 4.78 is 40.7. The second kappa shape index (κ2) is 7.44. The molecule has 1 saturated carbocycles. The molecule has 1 aromatic carbocycles. The zero-order valence-corrected chi connectivity index (χ0v) is 15.3. The van der Waals surface area contributed by atoms with Crippen molar-refractivity contribution in [1.29, 1.82) is 0 Å². The molecule has 2 aliphatic rings. The maximum atomic E-state index is 12.8. The molecule has 1 unspecified atom stereocenters. The number of ketones is 1. The minimum Gasteiger partial charge on any atom is -0.406 e. The second-order valence-electron chi connectivity index (χ2n) is 7.32. The van der Waals surface area contributed by atoms with Crippen molar-refractivity contribution in [3.63, 3.8) is 0 Å². The van der Waals surface area contributed by atoms with Crippen LogP contribution < -0.4 is 10.1 Å². The summed E-state index contributed by atoms with van der Waals surface area (Å²) in [5.41, 5.74) is -1.16. The van der Waals surface area contributed by atoms with Gasteiger partial charge < -0.3 is 10.1 Å². The Balaban J connectivity index is 1.73. The molecule has 1 aromatic rings. The summed E-state index contributed by atoms with van der Waals surface area (Å²) >= 11 is 0. The first kappa shape index (κ1) is 20.2. The minimum absolute atomic E-state index is 0.138. The van der Waals surface area contributed by atoms with Crippen molar-refractivity contribution in [3.8, 4) is 5.75 Å². The highest BCUT2D eigenvalue weighted by molar-refractivity contribution is 6.09. The zero-order chi connectivity index (χ0) is 20.5. The Hall–Kier alpha value is -2.58. The fourth-order valence-corrected chi connectivity index (χ4v) is 3.74. The van der Waals surface area contributed by atoms with Crippen molar-refractivity contribution in [2.75, 3.05) is 6.54 Å². The molecular formula is C19H21F3N2O4. The molecule has 2 fully saturated rings. The van der Waals surface area contributed by atoms with E-state index in [0.717, 1.165) is 49.1 Å². The smallest absolute Gasteiger partial charge is 0.406 e. The number of rotatable bonds is 5. The van der Waals surface area contributed by atoms with Crippen molar-refractivity contribution in [1.82, 2.24) is 10.2 Å². The molecule has 0 radical (unpaired) electrons. The molecule has 1 N–H and O–H groups in total. The molecule has 1 aliphatic carbocycles. The van der Waals surface area contributed by atoms with E-state index in [9.17, 15) is 27.6 Å². The van der Waals surface area contributed by atoms with Crippen LogP contribution in [-0.4, -0.2) is 35.5 Å². The lowest BCUT2D eigenvalue weighted by Gasteiger charge is -2.24. The number of nitrogens with zero attached hydrogens (tertiary/aromatic N) is 1. The third-order valence-corrected chi connectivity index (χ3v) is 5.31. The van der Waals surface area contributed by atoms with Gasteiger partial charge in [-0.2, -0.15) is 0 Å². The van der Waals surface area contributed by atoms with E-state index in [-0.39, 0.29) is 18.2 Å². The Labute approximate surface area is 160 Å². The van der Waals surface area contributed by atoms with Crippen molar-refractivity contribution in [2.24, 2.45) is 5.92 Å². The highest BCUT2D eigenvalue weighted by atomic mass is 19.4. The number of imide groups is 1. The lowest BCUT2D eigenvalue weighted by atomic mass is 9.86. The molecule has 1 aliphatic heterocycles. The molecule has 0 aromatic heterocycles. The number of Topliss-reactive ketones (excluding diaryl/α,β-unsaturated/α-hetero) is 1. The Morgan fingerprint density at radius 1 is 1.18 bits per heavy atom. The lowest BCUT2D eigenvalue weighted by Crippen LogP contribution is -2.42. The maximum absolute atomic E-state index is 12.8. The largest absolute Gasteiger partial charge is 0.573 e. The van der Waals surface area contributed by atoms with Crippen LogP contribution in [0.15, 0.2) is 24.3 Å². The number of hydrogen-bond acceptors (Lipinski definition) is 4. The molecule has 0 spiro atoms. The van der Waals surface area contributed by atoms with Gasteiger partial charge in [0.2, 0.25) is 0 Å². The summed E-state index contributed by atoms with van der Waals surface area (Å²) in [6, 6.07) is 4.02. The van der Waals surface area contributed by atoms with Gasteiger partial charge in [-0.15, -0.1) is 13.2 Å². The van der Waals surface area contributed by atoms with Gasteiger partial charge in [-0.25, -0.2) is 4.79 Å². The molecule has 28 heavy (non-hydrogen) atoms. The SMILES string of the molecule is CC1(c2ccc(OC(F)(F)F)cc2)NC(=O)N(CC(=O)C2CCCCC2)C1=O.